The topological polar surface area (TPSA) is 45.9 Å². The zero-order chi connectivity index (χ0) is 10.0. The van der Waals surface area contributed by atoms with Crippen molar-refractivity contribution in [2.75, 3.05) is 13.2 Å². The summed E-state index contributed by atoms with van der Waals surface area (Å²) < 4.78 is 6.06. The fourth-order valence-electron chi connectivity index (χ4n) is 1.60. The molecule has 1 aliphatic heterocycles. The van der Waals surface area contributed by atoms with Crippen molar-refractivity contribution < 1.29 is 4.74 Å². The molecule has 2 heterocycles. The summed E-state index contributed by atoms with van der Waals surface area (Å²) in [7, 11) is 0. The molecule has 0 aliphatic carbocycles. The molecule has 0 radical (unpaired) electrons. The maximum absolute atomic E-state index is 9.17. The predicted molar refractivity (Wildman–Crippen MR) is 54.7 cm³/mol. The SMILES string of the molecule is N#CC1(c2ccc(Br)nc2)CCOC1. The van der Waals surface area contributed by atoms with Crippen LogP contribution in [0.3, 0.4) is 0 Å². The van der Waals surface area contributed by atoms with E-state index < -0.39 is 5.41 Å². The Kier molecular flexibility index (Phi) is 2.53. The predicted octanol–water partition coefficient (Wildman–Crippen LogP) is 2.03. The summed E-state index contributed by atoms with van der Waals surface area (Å²) in [6.07, 6.45) is 2.49. The number of nitrogens with zero attached hydrogens (tertiary/aromatic N) is 2. The second kappa shape index (κ2) is 3.68. The number of hydrogen-bond acceptors (Lipinski definition) is 3. The summed E-state index contributed by atoms with van der Waals surface area (Å²) in [5, 5.41) is 9.17. The molecule has 1 aliphatic rings. The first-order chi connectivity index (χ1) is 6.77. The van der Waals surface area contributed by atoms with Gasteiger partial charge in [-0.15, -0.1) is 0 Å². The monoisotopic (exact) mass is 252 g/mol. The molecule has 1 aromatic heterocycles. The molecule has 14 heavy (non-hydrogen) atoms. The first-order valence-corrected chi connectivity index (χ1v) is 5.17. The van der Waals surface area contributed by atoms with E-state index in [9.17, 15) is 0 Å². The lowest BCUT2D eigenvalue weighted by Gasteiger charge is -2.17. The average Bonchev–Trinajstić information content (AvgIpc) is 2.68. The Morgan fingerprint density at radius 2 is 2.43 bits per heavy atom. The van der Waals surface area contributed by atoms with Gasteiger partial charge in [0, 0.05) is 12.8 Å². The van der Waals surface area contributed by atoms with Gasteiger partial charge in [-0.25, -0.2) is 4.98 Å². The molecule has 0 amide bonds. The molecule has 1 atom stereocenters. The standard InChI is InChI=1S/C10H9BrN2O/c11-9-2-1-8(5-13-9)10(6-12)3-4-14-7-10/h1-2,5H,3-4,7H2. The lowest BCUT2D eigenvalue weighted by Crippen LogP contribution is -2.24. The average molecular weight is 253 g/mol. The zero-order valence-electron chi connectivity index (χ0n) is 7.53. The van der Waals surface area contributed by atoms with Crippen molar-refractivity contribution in [2.45, 2.75) is 11.8 Å². The lowest BCUT2D eigenvalue weighted by atomic mass is 9.82. The summed E-state index contributed by atoms with van der Waals surface area (Å²) in [6.45, 7) is 1.14. The van der Waals surface area contributed by atoms with E-state index in [-0.39, 0.29) is 0 Å². The Morgan fingerprint density at radius 1 is 1.57 bits per heavy atom. The van der Waals surface area contributed by atoms with Gasteiger partial charge in [-0.2, -0.15) is 5.26 Å². The van der Waals surface area contributed by atoms with Gasteiger partial charge < -0.3 is 4.74 Å². The van der Waals surface area contributed by atoms with Crippen LogP contribution < -0.4 is 0 Å². The van der Waals surface area contributed by atoms with E-state index in [1.165, 1.54) is 0 Å². The number of halogens is 1. The quantitative estimate of drug-likeness (QED) is 0.719. The summed E-state index contributed by atoms with van der Waals surface area (Å²) in [4.78, 5) is 4.13. The molecular weight excluding hydrogens is 244 g/mol. The number of ether oxygens (including phenoxy) is 1. The highest BCUT2D eigenvalue weighted by atomic mass is 79.9. The van der Waals surface area contributed by atoms with E-state index in [0.29, 0.717) is 13.2 Å². The van der Waals surface area contributed by atoms with Crippen LogP contribution in [0.5, 0.6) is 0 Å². The molecule has 4 heteroatoms. The Morgan fingerprint density at radius 3 is 2.93 bits per heavy atom. The third-order valence-electron chi connectivity index (χ3n) is 2.52. The van der Waals surface area contributed by atoms with E-state index in [0.717, 1.165) is 16.6 Å². The number of aromatic nitrogens is 1. The smallest absolute Gasteiger partial charge is 0.109 e. The Hall–Kier alpha value is -0.920. The minimum Gasteiger partial charge on any atom is -0.379 e. The minimum atomic E-state index is -0.478. The first-order valence-electron chi connectivity index (χ1n) is 4.38. The van der Waals surface area contributed by atoms with Crippen LogP contribution in [0.25, 0.3) is 0 Å². The zero-order valence-corrected chi connectivity index (χ0v) is 9.12. The number of nitriles is 1. The summed E-state index contributed by atoms with van der Waals surface area (Å²) in [6, 6.07) is 6.11. The molecule has 0 bridgehead atoms. The van der Waals surface area contributed by atoms with Gasteiger partial charge in [0.05, 0.1) is 12.7 Å². The molecule has 0 N–H and O–H groups in total. The Balaban J connectivity index is 2.37. The molecule has 1 unspecified atom stereocenters. The van der Waals surface area contributed by atoms with Crippen molar-refractivity contribution >= 4 is 15.9 Å². The van der Waals surface area contributed by atoms with Crippen molar-refractivity contribution in [3.8, 4) is 6.07 Å². The summed E-state index contributed by atoms with van der Waals surface area (Å²) in [5.41, 5.74) is 0.467. The van der Waals surface area contributed by atoms with Crippen LogP contribution >= 0.6 is 15.9 Å². The highest BCUT2D eigenvalue weighted by molar-refractivity contribution is 9.10. The van der Waals surface area contributed by atoms with Crippen molar-refractivity contribution in [1.82, 2.24) is 4.98 Å². The summed E-state index contributed by atoms with van der Waals surface area (Å²) in [5.74, 6) is 0. The minimum absolute atomic E-state index is 0.478. The largest absolute Gasteiger partial charge is 0.379 e. The molecule has 1 aromatic rings. The van der Waals surface area contributed by atoms with Crippen LogP contribution in [0, 0.1) is 11.3 Å². The van der Waals surface area contributed by atoms with Gasteiger partial charge in [0.1, 0.15) is 10.0 Å². The van der Waals surface area contributed by atoms with Crippen molar-refractivity contribution in [1.29, 1.82) is 5.26 Å². The van der Waals surface area contributed by atoms with Gasteiger partial charge >= 0.3 is 0 Å². The highest BCUT2D eigenvalue weighted by Crippen LogP contribution is 2.32. The maximum atomic E-state index is 9.17. The number of rotatable bonds is 1. The third kappa shape index (κ3) is 1.54. The molecule has 0 spiro atoms. The van der Waals surface area contributed by atoms with Crippen LogP contribution in [0.2, 0.25) is 0 Å². The van der Waals surface area contributed by atoms with Gasteiger partial charge in [-0.3, -0.25) is 0 Å². The van der Waals surface area contributed by atoms with Crippen LogP contribution in [0.15, 0.2) is 22.9 Å². The van der Waals surface area contributed by atoms with Gasteiger partial charge in [-0.1, -0.05) is 6.07 Å². The fraction of sp³-hybridized carbons (Fsp3) is 0.400. The van der Waals surface area contributed by atoms with E-state index in [2.05, 4.69) is 27.0 Å². The third-order valence-corrected chi connectivity index (χ3v) is 2.98. The maximum Gasteiger partial charge on any atom is 0.109 e. The second-order valence-corrected chi connectivity index (χ2v) is 4.18. The van der Waals surface area contributed by atoms with Crippen LogP contribution in [0.4, 0.5) is 0 Å². The molecule has 0 aromatic carbocycles. The van der Waals surface area contributed by atoms with Crippen LogP contribution in [-0.2, 0) is 10.2 Å². The van der Waals surface area contributed by atoms with Gasteiger partial charge in [0.25, 0.3) is 0 Å². The van der Waals surface area contributed by atoms with E-state index in [1.54, 1.807) is 6.20 Å². The van der Waals surface area contributed by atoms with Gasteiger partial charge in [0.2, 0.25) is 0 Å². The molecule has 1 saturated heterocycles. The van der Waals surface area contributed by atoms with Crippen molar-refractivity contribution in [3.05, 3.63) is 28.5 Å². The number of hydrogen-bond donors (Lipinski definition) is 0. The fourth-order valence-corrected chi connectivity index (χ4v) is 1.84. The van der Waals surface area contributed by atoms with E-state index in [4.69, 9.17) is 10.00 Å². The Labute approximate surface area is 90.8 Å². The molecule has 3 nitrogen and oxygen atoms in total. The van der Waals surface area contributed by atoms with Gasteiger partial charge in [0.15, 0.2) is 0 Å². The van der Waals surface area contributed by atoms with E-state index >= 15 is 0 Å². The van der Waals surface area contributed by atoms with E-state index in [1.807, 2.05) is 12.1 Å². The molecule has 1 fully saturated rings. The lowest BCUT2D eigenvalue weighted by molar-refractivity contribution is 0.186. The summed E-state index contributed by atoms with van der Waals surface area (Å²) >= 11 is 3.27. The first kappa shape index (κ1) is 9.63. The molecular formula is C10H9BrN2O. The van der Waals surface area contributed by atoms with Gasteiger partial charge in [-0.05, 0) is 34.0 Å². The number of pyridine rings is 1. The van der Waals surface area contributed by atoms with Crippen LogP contribution in [0.1, 0.15) is 12.0 Å². The normalized spacial score (nSPS) is 26.0. The molecule has 0 saturated carbocycles. The highest BCUT2D eigenvalue weighted by Gasteiger charge is 2.37. The molecule has 2 rings (SSSR count). The van der Waals surface area contributed by atoms with Crippen LogP contribution in [-0.4, -0.2) is 18.2 Å². The second-order valence-electron chi connectivity index (χ2n) is 3.37. The van der Waals surface area contributed by atoms with Crippen molar-refractivity contribution in [3.63, 3.8) is 0 Å². The Bertz CT molecular complexity index is 363. The molecule has 72 valence electrons. The van der Waals surface area contributed by atoms with Crippen molar-refractivity contribution in [2.24, 2.45) is 0 Å².